The predicted molar refractivity (Wildman–Crippen MR) is 77.8 cm³/mol. The molecule has 0 aliphatic heterocycles. The minimum Gasteiger partial charge on any atom is -0.496 e. The minimum absolute atomic E-state index is 0.312. The normalized spacial score (nSPS) is 10.0. The summed E-state index contributed by atoms with van der Waals surface area (Å²) in [5.74, 6) is 0.676. The van der Waals surface area contributed by atoms with E-state index >= 15 is 0 Å². The van der Waals surface area contributed by atoms with Crippen molar-refractivity contribution in [3.8, 4) is 22.9 Å². The molecule has 0 bridgehead atoms. The molecule has 96 valence electrons. The first-order chi connectivity index (χ1) is 9.17. The molecule has 4 heteroatoms. The number of hydrogen-bond acceptors (Lipinski definition) is 2. The van der Waals surface area contributed by atoms with Gasteiger partial charge in [-0.2, -0.15) is 5.26 Å². The Morgan fingerprint density at radius 3 is 2.68 bits per heavy atom. The molecular weight excluding hydrogens is 281 g/mol. The molecule has 19 heavy (non-hydrogen) atoms. The summed E-state index contributed by atoms with van der Waals surface area (Å²) in [4.78, 5) is 0. The van der Waals surface area contributed by atoms with Gasteiger partial charge in [0.1, 0.15) is 5.75 Å². The third kappa shape index (κ3) is 2.84. The van der Waals surface area contributed by atoms with Crippen molar-refractivity contribution in [1.29, 1.82) is 5.26 Å². The number of hydrogen-bond donors (Lipinski definition) is 0. The maximum Gasteiger partial charge on any atom is 0.123 e. The van der Waals surface area contributed by atoms with Crippen LogP contribution in [-0.4, -0.2) is 7.11 Å². The van der Waals surface area contributed by atoms with E-state index in [0.717, 1.165) is 16.7 Å². The molecule has 0 fully saturated rings. The number of nitriles is 1. The lowest BCUT2D eigenvalue weighted by molar-refractivity contribution is 0.411. The molecule has 2 rings (SSSR count). The highest BCUT2D eigenvalue weighted by Gasteiger charge is 2.10. The van der Waals surface area contributed by atoms with Gasteiger partial charge in [-0.05, 0) is 17.7 Å². The molecule has 0 amide bonds. The van der Waals surface area contributed by atoms with Crippen molar-refractivity contribution in [3.63, 3.8) is 0 Å². The van der Waals surface area contributed by atoms with Gasteiger partial charge in [0.05, 0.1) is 29.6 Å². The SMILES string of the molecule is COc1cc(-c2cccc(Cl)c2Cl)ccc1CC#N. The smallest absolute Gasteiger partial charge is 0.123 e. The van der Waals surface area contributed by atoms with Gasteiger partial charge < -0.3 is 4.74 Å². The average Bonchev–Trinajstić information content (AvgIpc) is 2.43. The number of rotatable bonds is 3. The predicted octanol–water partition coefficient (Wildman–Crippen LogP) is 4.74. The zero-order valence-corrected chi connectivity index (χ0v) is 11.8. The third-order valence-electron chi connectivity index (χ3n) is 2.82. The van der Waals surface area contributed by atoms with E-state index < -0.39 is 0 Å². The topological polar surface area (TPSA) is 33.0 Å². The Labute approximate surface area is 122 Å². The fourth-order valence-electron chi connectivity index (χ4n) is 1.87. The highest BCUT2D eigenvalue weighted by atomic mass is 35.5. The van der Waals surface area contributed by atoms with E-state index in [-0.39, 0.29) is 0 Å². The van der Waals surface area contributed by atoms with Gasteiger partial charge in [0.25, 0.3) is 0 Å². The standard InChI is InChI=1S/C15H11Cl2NO/c1-19-14-9-11(6-5-10(14)7-8-18)12-3-2-4-13(16)15(12)17/h2-6,9H,7H2,1H3. The van der Waals surface area contributed by atoms with E-state index in [1.807, 2.05) is 30.3 Å². The van der Waals surface area contributed by atoms with Crippen molar-refractivity contribution in [2.24, 2.45) is 0 Å². The fourth-order valence-corrected chi connectivity index (χ4v) is 2.28. The van der Waals surface area contributed by atoms with Gasteiger partial charge in [-0.3, -0.25) is 0 Å². The van der Waals surface area contributed by atoms with Gasteiger partial charge in [0.2, 0.25) is 0 Å². The maximum absolute atomic E-state index is 8.76. The molecule has 0 atom stereocenters. The molecule has 0 aromatic heterocycles. The zero-order valence-electron chi connectivity index (χ0n) is 10.3. The van der Waals surface area contributed by atoms with Gasteiger partial charge in [0, 0.05) is 11.1 Å². The first-order valence-corrected chi connectivity index (χ1v) is 6.41. The monoisotopic (exact) mass is 291 g/mol. The maximum atomic E-state index is 8.76. The molecular formula is C15H11Cl2NO. The van der Waals surface area contributed by atoms with E-state index in [9.17, 15) is 0 Å². The average molecular weight is 292 g/mol. The zero-order chi connectivity index (χ0) is 13.8. The molecule has 0 unspecified atom stereocenters. The van der Waals surface area contributed by atoms with Crippen LogP contribution in [-0.2, 0) is 6.42 Å². The molecule has 0 N–H and O–H groups in total. The van der Waals surface area contributed by atoms with E-state index in [0.29, 0.717) is 22.2 Å². The summed E-state index contributed by atoms with van der Waals surface area (Å²) in [6, 6.07) is 13.2. The highest BCUT2D eigenvalue weighted by Crippen LogP contribution is 2.35. The van der Waals surface area contributed by atoms with Gasteiger partial charge in [-0.1, -0.05) is 47.5 Å². The number of halogens is 2. The summed E-state index contributed by atoms with van der Waals surface area (Å²) in [7, 11) is 1.58. The lowest BCUT2D eigenvalue weighted by Gasteiger charge is -2.10. The third-order valence-corrected chi connectivity index (χ3v) is 3.64. The van der Waals surface area contributed by atoms with Crippen molar-refractivity contribution in [2.75, 3.05) is 7.11 Å². The summed E-state index contributed by atoms with van der Waals surface area (Å²) >= 11 is 12.2. The first kappa shape index (κ1) is 13.7. The van der Waals surface area contributed by atoms with Crippen molar-refractivity contribution in [3.05, 3.63) is 52.0 Å². The summed E-state index contributed by atoms with van der Waals surface area (Å²) in [5.41, 5.74) is 2.61. The largest absolute Gasteiger partial charge is 0.496 e. The molecule has 0 aliphatic rings. The molecule has 0 saturated heterocycles. The van der Waals surface area contributed by atoms with Gasteiger partial charge in [-0.15, -0.1) is 0 Å². The van der Waals surface area contributed by atoms with Crippen LogP contribution in [0.2, 0.25) is 10.0 Å². The van der Waals surface area contributed by atoms with Crippen LogP contribution in [0.25, 0.3) is 11.1 Å². The summed E-state index contributed by atoms with van der Waals surface area (Å²) < 4.78 is 5.30. The van der Waals surface area contributed by atoms with E-state index in [2.05, 4.69) is 6.07 Å². The molecule has 0 spiro atoms. The Kier molecular flexibility index (Phi) is 4.31. The fraction of sp³-hybridized carbons (Fsp3) is 0.133. The second-order valence-corrected chi connectivity index (χ2v) is 4.75. The van der Waals surface area contributed by atoms with Gasteiger partial charge in [0.15, 0.2) is 0 Å². The number of ether oxygens (including phenoxy) is 1. The van der Waals surface area contributed by atoms with Crippen molar-refractivity contribution in [2.45, 2.75) is 6.42 Å². The van der Waals surface area contributed by atoms with Crippen molar-refractivity contribution in [1.82, 2.24) is 0 Å². The minimum atomic E-state index is 0.312. The van der Waals surface area contributed by atoms with Crippen LogP contribution in [0, 0.1) is 11.3 Å². The van der Waals surface area contributed by atoms with Gasteiger partial charge >= 0.3 is 0 Å². The van der Waals surface area contributed by atoms with E-state index in [4.69, 9.17) is 33.2 Å². The lowest BCUT2D eigenvalue weighted by atomic mass is 10.0. The van der Waals surface area contributed by atoms with E-state index in [1.165, 1.54) is 0 Å². The molecule has 0 saturated carbocycles. The Morgan fingerprint density at radius 1 is 1.21 bits per heavy atom. The Morgan fingerprint density at radius 2 is 2.00 bits per heavy atom. The van der Waals surface area contributed by atoms with Crippen LogP contribution in [0.4, 0.5) is 0 Å². The molecule has 0 aliphatic carbocycles. The Balaban J connectivity index is 2.52. The first-order valence-electron chi connectivity index (χ1n) is 5.65. The van der Waals surface area contributed by atoms with Crippen molar-refractivity contribution >= 4 is 23.2 Å². The summed E-state index contributed by atoms with van der Waals surface area (Å²) in [6.07, 6.45) is 0.312. The highest BCUT2D eigenvalue weighted by molar-refractivity contribution is 6.43. The summed E-state index contributed by atoms with van der Waals surface area (Å²) in [5, 5.41) is 9.79. The number of benzene rings is 2. The molecule has 0 radical (unpaired) electrons. The van der Waals surface area contributed by atoms with Crippen LogP contribution in [0.1, 0.15) is 5.56 Å². The molecule has 0 heterocycles. The number of methoxy groups -OCH3 is 1. The molecule has 2 aromatic rings. The van der Waals surface area contributed by atoms with E-state index in [1.54, 1.807) is 13.2 Å². The van der Waals surface area contributed by atoms with Gasteiger partial charge in [-0.25, -0.2) is 0 Å². The second-order valence-electron chi connectivity index (χ2n) is 3.96. The second kappa shape index (κ2) is 5.97. The van der Waals surface area contributed by atoms with Crippen LogP contribution in [0.3, 0.4) is 0 Å². The Bertz CT molecular complexity index is 647. The molecule has 2 nitrogen and oxygen atoms in total. The van der Waals surface area contributed by atoms with Crippen molar-refractivity contribution < 1.29 is 4.74 Å². The quantitative estimate of drug-likeness (QED) is 0.819. The van der Waals surface area contributed by atoms with Crippen LogP contribution in [0.5, 0.6) is 5.75 Å². The van der Waals surface area contributed by atoms with Crippen LogP contribution in [0.15, 0.2) is 36.4 Å². The van der Waals surface area contributed by atoms with Crippen LogP contribution < -0.4 is 4.74 Å². The lowest BCUT2D eigenvalue weighted by Crippen LogP contribution is -1.92. The number of nitrogens with zero attached hydrogens (tertiary/aromatic N) is 1. The molecule has 2 aromatic carbocycles. The Hall–Kier alpha value is -1.69. The van der Waals surface area contributed by atoms with Crippen LogP contribution >= 0.6 is 23.2 Å². The summed E-state index contributed by atoms with van der Waals surface area (Å²) in [6.45, 7) is 0.